The van der Waals surface area contributed by atoms with Crippen molar-refractivity contribution in [3.63, 3.8) is 0 Å². The molecule has 1 aliphatic heterocycles. The average Bonchev–Trinajstić information content (AvgIpc) is 3.23. The van der Waals surface area contributed by atoms with Gasteiger partial charge in [0.05, 0.1) is 22.9 Å². The second kappa shape index (κ2) is 7.70. The molecule has 0 aliphatic carbocycles. The van der Waals surface area contributed by atoms with Crippen molar-refractivity contribution < 1.29 is 22.7 Å². The Balaban J connectivity index is 1.67. The van der Waals surface area contributed by atoms with Crippen LogP contribution in [0.15, 0.2) is 30.3 Å². The fraction of sp³-hybridized carbons (Fsp3) is 0.444. The van der Waals surface area contributed by atoms with E-state index in [2.05, 4.69) is 10.2 Å². The van der Waals surface area contributed by atoms with E-state index in [-0.39, 0.29) is 17.2 Å². The Bertz CT molecular complexity index is 987. The van der Waals surface area contributed by atoms with Crippen LogP contribution in [0.25, 0.3) is 5.69 Å². The highest BCUT2D eigenvalue weighted by atomic mass is 32.2. The smallest absolute Gasteiger partial charge is 0.361 e. The van der Waals surface area contributed by atoms with Crippen LogP contribution in [0.4, 0.5) is 0 Å². The Morgan fingerprint density at radius 2 is 1.93 bits per heavy atom. The van der Waals surface area contributed by atoms with Gasteiger partial charge in [0.15, 0.2) is 21.6 Å². The number of amides is 1. The van der Waals surface area contributed by atoms with E-state index in [9.17, 15) is 18.0 Å². The Morgan fingerprint density at radius 1 is 1.25 bits per heavy atom. The normalized spacial score (nSPS) is 19.2. The van der Waals surface area contributed by atoms with E-state index in [4.69, 9.17) is 4.74 Å². The molecule has 1 aliphatic rings. The Kier molecular flexibility index (Phi) is 5.50. The van der Waals surface area contributed by atoms with Crippen LogP contribution < -0.4 is 0 Å². The highest BCUT2D eigenvalue weighted by Gasteiger charge is 2.35. The third-order valence-corrected chi connectivity index (χ3v) is 6.45. The summed E-state index contributed by atoms with van der Waals surface area (Å²) in [5.74, 6) is -1.22. The summed E-state index contributed by atoms with van der Waals surface area (Å²) < 4.78 is 28.5. The highest BCUT2D eigenvalue weighted by molar-refractivity contribution is 7.91. The van der Waals surface area contributed by atoms with E-state index in [0.717, 1.165) is 0 Å². The number of carbonyl (C=O) groups is 2. The quantitative estimate of drug-likeness (QED) is 0.674. The van der Waals surface area contributed by atoms with Crippen LogP contribution >= 0.6 is 0 Å². The molecule has 3 rings (SSSR count). The van der Waals surface area contributed by atoms with Crippen LogP contribution in [0.5, 0.6) is 0 Å². The Labute approximate surface area is 163 Å². The number of rotatable bonds is 5. The molecule has 1 aromatic heterocycles. The molecule has 0 radical (unpaired) electrons. The molecule has 1 fully saturated rings. The topological polar surface area (TPSA) is 111 Å². The molecule has 0 saturated carbocycles. The van der Waals surface area contributed by atoms with E-state index in [1.54, 1.807) is 19.1 Å². The van der Waals surface area contributed by atoms with Crippen molar-refractivity contribution >= 4 is 21.7 Å². The van der Waals surface area contributed by atoms with Crippen LogP contribution in [-0.2, 0) is 19.4 Å². The fourth-order valence-electron chi connectivity index (χ4n) is 3.06. The molecule has 150 valence electrons. The summed E-state index contributed by atoms with van der Waals surface area (Å²) in [5.41, 5.74) is 1.09. The van der Waals surface area contributed by atoms with Gasteiger partial charge in [0.25, 0.3) is 5.91 Å². The molecular formula is C18H22N4O5S. The van der Waals surface area contributed by atoms with Gasteiger partial charge in [0, 0.05) is 13.1 Å². The van der Waals surface area contributed by atoms with Gasteiger partial charge in [-0.2, -0.15) is 9.90 Å². The summed E-state index contributed by atoms with van der Waals surface area (Å²) in [6.07, 6.45) is -0.683. The number of likely N-dealkylation sites (N-methyl/N-ethyl adjacent to an activating group) is 1. The first kappa shape index (κ1) is 20.0. The minimum atomic E-state index is -3.12. The lowest BCUT2D eigenvalue weighted by molar-refractivity contribution is -0.140. The summed E-state index contributed by atoms with van der Waals surface area (Å²) in [7, 11) is -1.59. The van der Waals surface area contributed by atoms with Crippen LogP contribution in [0.1, 0.15) is 29.5 Å². The van der Waals surface area contributed by atoms with Crippen LogP contribution in [0.2, 0.25) is 0 Å². The number of hydrogen-bond acceptors (Lipinski definition) is 7. The van der Waals surface area contributed by atoms with Crippen molar-refractivity contribution in [2.24, 2.45) is 0 Å². The molecule has 2 heterocycles. The summed E-state index contributed by atoms with van der Waals surface area (Å²) in [5, 5.41) is 8.37. The number of carbonyl (C=O) groups excluding carboxylic acids is 2. The molecule has 0 bridgehead atoms. The molecule has 0 unspecified atom stereocenters. The van der Waals surface area contributed by atoms with E-state index in [1.807, 2.05) is 18.2 Å². The van der Waals surface area contributed by atoms with E-state index >= 15 is 0 Å². The number of para-hydroxylation sites is 1. The van der Waals surface area contributed by atoms with E-state index < -0.39 is 33.9 Å². The predicted octanol–water partition coefficient (Wildman–Crippen LogP) is 0.767. The Morgan fingerprint density at radius 3 is 2.54 bits per heavy atom. The number of nitrogens with zero attached hydrogens (tertiary/aromatic N) is 4. The number of aromatic nitrogens is 3. The Hall–Kier alpha value is -2.75. The maximum atomic E-state index is 12.5. The van der Waals surface area contributed by atoms with Gasteiger partial charge in [0.2, 0.25) is 0 Å². The van der Waals surface area contributed by atoms with Gasteiger partial charge < -0.3 is 9.64 Å². The molecular weight excluding hydrogens is 384 g/mol. The highest BCUT2D eigenvalue weighted by Crippen LogP contribution is 2.18. The van der Waals surface area contributed by atoms with Gasteiger partial charge in [0.1, 0.15) is 0 Å². The zero-order valence-corrected chi connectivity index (χ0v) is 16.7. The average molecular weight is 406 g/mol. The second-order valence-electron chi connectivity index (χ2n) is 6.81. The number of hydrogen-bond donors (Lipinski definition) is 0. The molecule has 1 aromatic carbocycles. The van der Waals surface area contributed by atoms with Crippen molar-refractivity contribution in [2.45, 2.75) is 32.4 Å². The first-order valence-corrected chi connectivity index (χ1v) is 10.7. The van der Waals surface area contributed by atoms with Crippen molar-refractivity contribution in [3.05, 3.63) is 41.7 Å². The summed E-state index contributed by atoms with van der Waals surface area (Å²) in [6.45, 7) is 3.09. The third kappa shape index (κ3) is 4.22. The minimum Gasteiger partial charge on any atom is -0.448 e. The van der Waals surface area contributed by atoms with Crippen molar-refractivity contribution in [1.82, 2.24) is 19.9 Å². The monoisotopic (exact) mass is 406 g/mol. The lowest BCUT2D eigenvalue weighted by Crippen LogP contribution is -2.44. The first-order valence-electron chi connectivity index (χ1n) is 8.85. The molecule has 2 atom stereocenters. The molecule has 28 heavy (non-hydrogen) atoms. The molecule has 0 N–H and O–H groups in total. The molecule has 0 spiro atoms. The van der Waals surface area contributed by atoms with Gasteiger partial charge in [-0.25, -0.2) is 13.2 Å². The van der Waals surface area contributed by atoms with Crippen LogP contribution in [-0.4, -0.2) is 70.9 Å². The number of esters is 1. The number of aryl methyl sites for hydroxylation is 1. The van der Waals surface area contributed by atoms with Crippen molar-refractivity contribution in [3.8, 4) is 5.69 Å². The first-order chi connectivity index (χ1) is 13.2. The third-order valence-electron chi connectivity index (χ3n) is 4.70. The largest absolute Gasteiger partial charge is 0.448 e. The van der Waals surface area contributed by atoms with Crippen LogP contribution in [0.3, 0.4) is 0 Å². The maximum Gasteiger partial charge on any atom is 0.361 e. The lowest BCUT2D eigenvalue weighted by Gasteiger charge is -2.26. The van der Waals surface area contributed by atoms with Gasteiger partial charge in [-0.05, 0) is 32.4 Å². The number of benzene rings is 1. The van der Waals surface area contributed by atoms with Gasteiger partial charge in [-0.1, -0.05) is 18.2 Å². The minimum absolute atomic E-state index is 0.0228. The van der Waals surface area contributed by atoms with Crippen LogP contribution in [0, 0.1) is 6.92 Å². The van der Waals surface area contributed by atoms with Crippen molar-refractivity contribution in [1.29, 1.82) is 0 Å². The van der Waals surface area contributed by atoms with Gasteiger partial charge >= 0.3 is 5.97 Å². The molecule has 1 amide bonds. The van der Waals surface area contributed by atoms with Crippen molar-refractivity contribution in [2.75, 3.05) is 18.6 Å². The standard InChI is InChI=1S/C18H22N4O5S/c1-12-16(20-22(19-12)14-7-5-4-6-8-14)18(24)27-13(2)17(23)21(3)15-9-10-28(25,26)11-15/h4-8,13,15H,9-11H2,1-3H3/t13-,15+/m0/s1. The molecule has 2 aromatic rings. The fourth-order valence-corrected chi connectivity index (χ4v) is 4.83. The molecule has 10 heteroatoms. The van der Waals surface area contributed by atoms with E-state index in [0.29, 0.717) is 17.8 Å². The summed E-state index contributed by atoms with van der Waals surface area (Å²) in [6, 6.07) is 8.70. The molecule has 9 nitrogen and oxygen atoms in total. The number of sulfone groups is 1. The zero-order valence-electron chi connectivity index (χ0n) is 15.9. The second-order valence-corrected chi connectivity index (χ2v) is 9.04. The molecule has 1 saturated heterocycles. The number of ether oxygens (including phenoxy) is 1. The van der Waals surface area contributed by atoms with Gasteiger partial charge in [-0.3, -0.25) is 4.79 Å². The van der Waals surface area contributed by atoms with Gasteiger partial charge in [-0.15, -0.1) is 5.10 Å². The maximum absolute atomic E-state index is 12.5. The SMILES string of the molecule is Cc1nn(-c2ccccc2)nc1C(=O)O[C@@H](C)C(=O)N(C)[C@@H]1CCS(=O)(=O)C1. The predicted molar refractivity (Wildman–Crippen MR) is 101 cm³/mol. The summed E-state index contributed by atoms with van der Waals surface area (Å²) >= 11 is 0. The van der Waals surface area contributed by atoms with E-state index in [1.165, 1.54) is 23.7 Å². The summed E-state index contributed by atoms with van der Waals surface area (Å²) in [4.78, 5) is 27.7. The zero-order chi connectivity index (χ0) is 20.5. The lowest BCUT2D eigenvalue weighted by atomic mass is 10.2.